The Labute approximate surface area is 161 Å². The van der Waals surface area contributed by atoms with Crippen molar-refractivity contribution in [3.63, 3.8) is 0 Å². The van der Waals surface area contributed by atoms with Crippen LogP contribution in [0.4, 0.5) is 4.39 Å². The molecule has 0 fully saturated rings. The molecule has 0 saturated carbocycles. The van der Waals surface area contributed by atoms with Crippen LogP contribution in [0.2, 0.25) is 10.0 Å². The first-order valence-electron chi connectivity index (χ1n) is 8.01. The van der Waals surface area contributed by atoms with Gasteiger partial charge in [0, 0.05) is 13.6 Å². The number of carbonyl (C=O) groups excluding carboxylic acids is 2. The molecule has 1 atom stereocenters. The molecule has 0 bridgehead atoms. The summed E-state index contributed by atoms with van der Waals surface area (Å²) in [6.45, 7) is 1.84. The summed E-state index contributed by atoms with van der Waals surface area (Å²) in [5.41, 5.74) is 1.42. The van der Waals surface area contributed by atoms with Crippen LogP contribution < -0.4 is 5.32 Å². The van der Waals surface area contributed by atoms with Crippen LogP contribution in [-0.4, -0.2) is 29.8 Å². The number of hydrogen-bond acceptors (Lipinski definition) is 2. The first-order valence-corrected chi connectivity index (χ1v) is 8.77. The first-order chi connectivity index (χ1) is 12.3. The van der Waals surface area contributed by atoms with Crippen LogP contribution in [-0.2, 0) is 22.6 Å². The molecule has 0 aromatic heterocycles. The van der Waals surface area contributed by atoms with Crippen LogP contribution in [0.15, 0.2) is 42.5 Å². The van der Waals surface area contributed by atoms with Crippen molar-refractivity contribution in [2.24, 2.45) is 0 Å². The summed E-state index contributed by atoms with van der Waals surface area (Å²) in [5.74, 6) is -0.889. The van der Waals surface area contributed by atoms with Crippen LogP contribution in [0, 0.1) is 5.82 Å². The quantitative estimate of drug-likeness (QED) is 0.806. The molecule has 26 heavy (non-hydrogen) atoms. The molecule has 2 rings (SSSR count). The smallest absolute Gasteiger partial charge is 0.242 e. The van der Waals surface area contributed by atoms with Crippen molar-refractivity contribution in [1.82, 2.24) is 10.2 Å². The molecule has 138 valence electrons. The third-order valence-corrected chi connectivity index (χ3v) is 4.76. The van der Waals surface area contributed by atoms with E-state index < -0.39 is 6.04 Å². The molecule has 0 spiro atoms. The Morgan fingerprint density at radius 2 is 1.69 bits per heavy atom. The minimum atomic E-state index is -0.680. The lowest BCUT2D eigenvalue weighted by Gasteiger charge is -2.28. The van der Waals surface area contributed by atoms with Gasteiger partial charge in [-0.2, -0.15) is 0 Å². The van der Waals surface area contributed by atoms with Crippen LogP contribution in [0.3, 0.4) is 0 Å². The number of rotatable bonds is 6. The lowest BCUT2D eigenvalue weighted by molar-refractivity contribution is -0.139. The molecule has 0 saturated heterocycles. The zero-order valence-corrected chi connectivity index (χ0v) is 15.9. The largest absolute Gasteiger partial charge is 0.357 e. The van der Waals surface area contributed by atoms with Gasteiger partial charge in [0.25, 0.3) is 0 Å². The van der Waals surface area contributed by atoms with E-state index in [2.05, 4.69) is 5.32 Å². The van der Waals surface area contributed by atoms with Crippen molar-refractivity contribution in [1.29, 1.82) is 0 Å². The molecule has 0 aliphatic rings. The highest BCUT2D eigenvalue weighted by molar-refractivity contribution is 6.42. The van der Waals surface area contributed by atoms with E-state index in [0.29, 0.717) is 15.6 Å². The van der Waals surface area contributed by atoms with Crippen molar-refractivity contribution in [2.75, 3.05) is 7.05 Å². The van der Waals surface area contributed by atoms with Gasteiger partial charge in [0.2, 0.25) is 11.8 Å². The Bertz CT molecular complexity index is 797. The van der Waals surface area contributed by atoms with Gasteiger partial charge in [0.1, 0.15) is 11.9 Å². The standard InChI is InChI=1S/C19H19Cl2FN2O2/c1-12(19(26)23-2)24(11-13-3-6-15(22)7-4-13)18(25)10-14-5-8-16(20)17(21)9-14/h3-9,12H,10-11H2,1-2H3,(H,23,26). The molecule has 2 aromatic carbocycles. The topological polar surface area (TPSA) is 49.4 Å². The maximum atomic E-state index is 13.1. The predicted octanol–water partition coefficient (Wildman–Crippen LogP) is 3.84. The van der Waals surface area contributed by atoms with E-state index in [4.69, 9.17) is 23.2 Å². The monoisotopic (exact) mass is 396 g/mol. The number of benzene rings is 2. The van der Waals surface area contributed by atoms with E-state index in [1.54, 1.807) is 37.3 Å². The SMILES string of the molecule is CNC(=O)C(C)N(Cc1ccc(F)cc1)C(=O)Cc1ccc(Cl)c(Cl)c1. The molecule has 2 amide bonds. The summed E-state index contributed by atoms with van der Waals surface area (Å²) in [6.07, 6.45) is 0.0689. The van der Waals surface area contributed by atoms with Crippen molar-refractivity contribution in [2.45, 2.75) is 25.9 Å². The molecule has 0 aliphatic heterocycles. The maximum absolute atomic E-state index is 13.1. The molecule has 2 aromatic rings. The fourth-order valence-corrected chi connectivity index (χ4v) is 2.82. The Morgan fingerprint density at radius 3 is 2.27 bits per heavy atom. The molecule has 1 unspecified atom stereocenters. The van der Waals surface area contributed by atoms with Crippen LogP contribution >= 0.6 is 23.2 Å². The highest BCUT2D eigenvalue weighted by Gasteiger charge is 2.25. The molecule has 0 heterocycles. The number of likely N-dealkylation sites (N-methyl/N-ethyl adjacent to an activating group) is 1. The number of hydrogen-bond donors (Lipinski definition) is 1. The highest BCUT2D eigenvalue weighted by atomic mass is 35.5. The van der Waals surface area contributed by atoms with Crippen LogP contribution in [0.5, 0.6) is 0 Å². The summed E-state index contributed by atoms with van der Waals surface area (Å²) in [6, 6.07) is 10.1. The van der Waals surface area contributed by atoms with Gasteiger partial charge in [-0.05, 0) is 42.3 Å². The Kier molecular flexibility index (Phi) is 7.00. The zero-order valence-electron chi connectivity index (χ0n) is 14.4. The Balaban J connectivity index is 2.23. The van der Waals surface area contributed by atoms with E-state index in [1.165, 1.54) is 24.1 Å². The zero-order chi connectivity index (χ0) is 19.3. The normalized spacial score (nSPS) is 11.7. The molecule has 0 aliphatic carbocycles. The lowest BCUT2D eigenvalue weighted by Crippen LogP contribution is -2.47. The lowest BCUT2D eigenvalue weighted by atomic mass is 10.1. The number of nitrogens with one attached hydrogen (secondary N) is 1. The number of amides is 2. The summed E-state index contributed by atoms with van der Waals surface area (Å²) < 4.78 is 13.1. The summed E-state index contributed by atoms with van der Waals surface area (Å²) in [4.78, 5) is 26.3. The van der Waals surface area contributed by atoms with Crippen LogP contribution in [0.25, 0.3) is 0 Å². The fraction of sp³-hybridized carbons (Fsp3) is 0.263. The minimum absolute atomic E-state index is 0.0689. The number of carbonyl (C=O) groups is 2. The van der Waals surface area contributed by atoms with Crippen molar-refractivity contribution in [3.05, 3.63) is 69.5 Å². The fourth-order valence-electron chi connectivity index (χ4n) is 2.50. The van der Waals surface area contributed by atoms with E-state index >= 15 is 0 Å². The summed E-state index contributed by atoms with van der Waals surface area (Å²) in [5, 5.41) is 3.31. The van der Waals surface area contributed by atoms with E-state index in [9.17, 15) is 14.0 Å². The molecule has 0 radical (unpaired) electrons. The first kappa shape index (κ1) is 20.2. The second kappa shape index (κ2) is 9.01. The van der Waals surface area contributed by atoms with Gasteiger partial charge in [0.05, 0.1) is 16.5 Å². The van der Waals surface area contributed by atoms with E-state index in [-0.39, 0.29) is 30.6 Å². The average molecular weight is 397 g/mol. The van der Waals surface area contributed by atoms with Crippen LogP contribution in [0.1, 0.15) is 18.1 Å². The van der Waals surface area contributed by atoms with E-state index in [0.717, 1.165) is 5.56 Å². The van der Waals surface area contributed by atoms with Gasteiger partial charge in [-0.1, -0.05) is 41.4 Å². The van der Waals surface area contributed by atoms with Crippen molar-refractivity contribution in [3.8, 4) is 0 Å². The predicted molar refractivity (Wildman–Crippen MR) is 101 cm³/mol. The third-order valence-electron chi connectivity index (χ3n) is 4.02. The minimum Gasteiger partial charge on any atom is -0.357 e. The van der Waals surface area contributed by atoms with Crippen molar-refractivity contribution >= 4 is 35.0 Å². The highest BCUT2D eigenvalue weighted by Crippen LogP contribution is 2.23. The Hall–Kier alpha value is -2.11. The van der Waals surface area contributed by atoms with Gasteiger partial charge < -0.3 is 10.2 Å². The molecular formula is C19H19Cl2FN2O2. The molecular weight excluding hydrogens is 378 g/mol. The maximum Gasteiger partial charge on any atom is 0.242 e. The third kappa shape index (κ3) is 5.19. The molecule has 4 nitrogen and oxygen atoms in total. The summed E-state index contributed by atoms with van der Waals surface area (Å²) >= 11 is 11.9. The van der Waals surface area contributed by atoms with Gasteiger partial charge in [-0.3, -0.25) is 9.59 Å². The van der Waals surface area contributed by atoms with Gasteiger partial charge in [-0.25, -0.2) is 4.39 Å². The molecule has 7 heteroatoms. The van der Waals surface area contributed by atoms with E-state index in [1.807, 2.05) is 0 Å². The Morgan fingerprint density at radius 1 is 1.08 bits per heavy atom. The average Bonchev–Trinajstić information content (AvgIpc) is 2.63. The summed E-state index contributed by atoms with van der Waals surface area (Å²) in [7, 11) is 1.51. The second-order valence-electron chi connectivity index (χ2n) is 5.86. The van der Waals surface area contributed by atoms with Gasteiger partial charge in [-0.15, -0.1) is 0 Å². The molecule has 1 N–H and O–H groups in total. The second-order valence-corrected chi connectivity index (χ2v) is 6.68. The van der Waals surface area contributed by atoms with Gasteiger partial charge in [0.15, 0.2) is 0 Å². The number of halogens is 3. The van der Waals surface area contributed by atoms with Crippen molar-refractivity contribution < 1.29 is 14.0 Å². The number of nitrogens with zero attached hydrogens (tertiary/aromatic N) is 1. The van der Waals surface area contributed by atoms with Gasteiger partial charge >= 0.3 is 0 Å².